The van der Waals surface area contributed by atoms with E-state index >= 15 is 0 Å². The predicted molar refractivity (Wildman–Crippen MR) is 107 cm³/mol. The summed E-state index contributed by atoms with van der Waals surface area (Å²) in [5.41, 5.74) is 0. The number of nitrogens with one attached hydrogen (secondary N) is 1. The van der Waals surface area contributed by atoms with Crippen LogP contribution in [-0.2, 0) is 28.8 Å². The molecule has 0 rings (SSSR count). The van der Waals surface area contributed by atoms with Gasteiger partial charge in [0.05, 0.1) is 0 Å². The van der Waals surface area contributed by atoms with Crippen LogP contribution in [0.4, 0.5) is 0 Å². The molecule has 7 nitrogen and oxygen atoms in total. The van der Waals surface area contributed by atoms with Gasteiger partial charge in [-0.25, -0.2) is 0 Å². The van der Waals surface area contributed by atoms with Crippen LogP contribution in [0.5, 0.6) is 0 Å². The quantitative estimate of drug-likeness (QED) is 0.334. The molecule has 1 N–H and O–H groups in total. The molecule has 0 saturated carbocycles. The minimum atomic E-state index is -3.25. The molecule has 152 valence electrons. The Morgan fingerprint density at radius 1 is 0.519 bits per heavy atom. The standard InChI is InChI=1S/C18H31NO6Si2/c1-13(20)26(14(2)21,15(3)22)11-7-9-19-10-8-12-27(16(4)23,17(5)24)18(6)25/h19H,7-12H2,1-6H3. The average molecular weight is 414 g/mol. The second kappa shape index (κ2) is 10.7. The normalized spacial score (nSPS) is 11.8. The molecule has 0 radical (unpaired) electrons. The molecule has 0 heterocycles. The molecule has 0 aromatic carbocycles. The molecule has 0 aliphatic heterocycles. The van der Waals surface area contributed by atoms with E-state index in [2.05, 4.69) is 5.32 Å². The van der Waals surface area contributed by atoms with E-state index in [9.17, 15) is 28.8 Å². The topological polar surface area (TPSA) is 114 Å². The fourth-order valence-corrected chi connectivity index (χ4v) is 10.1. The van der Waals surface area contributed by atoms with Crippen molar-refractivity contribution >= 4 is 48.6 Å². The lowest BCUT2D eigenvalue weighted by Crippen LogP contribution is -2.57. The van der Waals surface area contributed by atoms with E-state index in [1.807, 2.05) is 0 Å². The van der Waals surface area contributed by atoms with E-state index in [-0.39, 0.29) is 44.5 Å². The summed E-state index contributed by atoms with van der Waals surface area (Å²) in [4.78, 5) is 71.6. The Hall–Kier alpha value is -1.59. The van der Waals surface area contributed by atoms with Crippen molar-refractivity contribution in [1.29, 1.82) is 0 Å². The Balaban J connectivity index is 4.64. The summed E-state index contributed by atoms with van der Waals surface area (Å²) in [7, 11) is -6.51. The number of hydrogen-bond donors (Lipinski definition) is 1. The first kappa shape index (κ1) is 25.4. The second-order valence-electron chi connectivity index (χ2n) is 7.10. The molecule has 0 amide bonds. The van der Waals surface area contributed by atoms with Crippen LogP contribution in [0.3, 0.4) is 0 Å². The first-order valence-electron chi connectivity index (χ1n) is 9.14. The van der Waals surface area contributed by atoms with Gasteiger partial charge < -0.3 is 34.1 Å². The lowest BCUT2D eigenvalue weighted by molar-refractivity contribution is -0.120. The molecule has 9 heteroatoms. The van der Waals surface area contributed by atoms with Gasteiger partial charge >= 0.3 is 0 Å². The van der Waals surface area contributed by atoms with E-state index in [0.29, 0.717) is 25.9 Å². The predicted octanol–water partition coefficient (Wildman–Crippen LogP) is 1.02. The first-order chi connectivity index (χ1) is 12.4. The molecule has 0 fully saturated rings. The van der Waals surface area contributed by atoms with Crippen molar-refractivity contribution in [2.24, 2.45) is 0 Å². The third-order valence-corrected chi connectivity index (χ3v) is 14.8. The van der Waals surface area contributed by atoms with Gasteiger partial charge in [0.2, 0.25) is 0 Å². The SMILES string of the molecule is CC(=O)[Si](CCCNCCC[Si](C(C)=O)(C(C)=O)C(C)=O)(C(C)=O)C(C)=O. The van der Waals surface area contributed by atoms with Gasteiger partial charge in [-0.15, -0.1) is 0 Å². The van der Waals surface area contributed by atoms with Gasteiger partial charge in [0.1, 0.15) is 32.4 Å². The van der Waals surface area contributed by atoms with Crippen LogP contribution in [0.25, 0.3) is 0 Å². The Labute approximate surface area is 162 Å². The molecule has 0 aromatic heterocycles. The molecule has 0 aliphatic carbocycles. The minimum absolute atomic E-state index is 0.285. The van der Waals surface area contributed by atoms with E-state index in [1.165, 1.54) is 41.5 Å². The number of hydrogen-bond acceptors (Lipinski definition) is 7. The van der Waals surface area contributed by atoms with Crippen LogP contribution in [0.15, 0.2) is 0 Å². The van der Waals surface area contributed by atoms with Crippen molar-refractivity contribution < 1.29 is 28.8 Å². The molecular formula is C18H31NO6Si2. The Bertz CT molecular complexity index is 518. The number of carbonyl (C=O) groups is 6. The van der Waals surface area contributed by atoms with E-state index in [0.717, 1.165) is 0 Å². The van der Waals surface area contributed by atoms with Gasteiger partial charge in [0.25, 0.3) is 16.1 Å². The fraction of sp³-hybridized carbons (Fsp3) is 0.667. The molecular weight excluding hydrogens is 382 g/mol. The lowest BCUT2D eigenvalue weighted by Gasteiger charge is -2.23. The molecule has 0 saturated heterocycles. The van der Waals surface area contributed by atoms with Crippen LogP contribution < -0.4 is 5.32 Å². The van der Waals surface area contributed by atoms with Crippen molar-refractivity contribution in [3.63, 3.8) is 0 Å². The van der Waals surface area contributed by atoms with Crippen LogP contribution in [0, 0.1) is 0 Å². The van der Waals surface area contributed by atoms with Gasteiger partial charge in [0.15, 0.2) is 0 Å². The molecule has 0 atom stereocenters. The highest BCUT2D eigenvalue weighted by Gasteiger charge is 2.49. The van der Waals surface area contributed by atoms with Crippen molar-refractivity contribution in [3.05, 3.63) is 0 Å². The fourth-order valence-electron chi connectivity index (χ4n) is 3.63. The maximum atomic E-state index is 11.9. The van der Waals surface area contributed by atoms with Gasteiger partial charge in [-0.2, -0.15) is 0 Å². The van der Waals surface area contributed by atoms with Crippen molar-refractivity contribution in [2.45, 2.75) is 66.5 Å². The second-order valence-corrected chi connectivity index (χ2v) is 16.0. The maximum absolute atomic E-state index is 11.9. The molecule has 0 bridgehead atoms. The summed E-state index contributed by atoms with van der Waals surface area (Å²) in [6.45, 7) is 8.93. The van der Waals surface area contributed by atoms with Gasteiger partial charge in [-0.1, -0.05) is 0 Å². The summed E-state index contributed by atoms with van der Waals surface area (Å²) in [6.07, 6.45) is 1.03. The monoisotopic (exact) mass is 413 g/mol. The molecule has 27 heavy (non-hydrogen) atoms. The van der Waals surface area contributed by atoms with E-state index in [4.69, 9.17) is 0 Å². The van der Waals surface area contributed by atoms with Crippen molar-refractivity contribution in [3.8, 4) is 0 Å². The summed E-state index contributed by atoms with van der Waals surface area (Å²) in [5.74, 6) is 0. The lowest BCUT2D eigenvalue weighted by atomic mass is 10.4. The zero-order valence-electron chi connectivity index (χ0n) is 17.2. The average Bonchev–Trinajstić information content (AvgIpc) is 2.51. The van der Waals surface area contributed by atoms with Gasteiger partial charge in [-0.05, 0) is 79.6 Å². The largest absolute Gasteiger partial charge is 0.317 e. The summed E-state index contributed by atoms with van der Waals surface area (Å²) < 4.78 is 0. The Morgan fingerprint density at radius 2 is 0.741 bits per heavy atom. The van der Waals surface area contributed by atoms with Crippen molar-refractivity contribution in [2.75, 3.05) is 13.1 Å². The van der Waals surface area contributed by atoms with E-state index < -0.39 is 16.1 Å². The van der Waals surface area contributed by atoms with Gasteiger partial charge in [0, 0.05) is 0 Å². The number of rotatable bonds is 14. The number of carbonyl (C=O) groups excluding carboxylic acids is 6. The minimum Gasteiger partial charge on any atom is -0.317 e. The molecule has 0 spiro atoms. The zero-order chi connectivity index (χ0) is 21.4. The van der Waals surface area contributed by atoms with Crippen LogP contribution in [0.1, 0.15) is 54.4 Å². The van der Waals surface area contributed by atoms with E-state index in [1.54, 1.807) is 0 Å². The summed E-state index contributed by atoms with van der Waals surface area (Å²) in [5, 5.41) is 1.32. The Morgan fingerprint density at radius 3 is 0.926 bits per heavy atom. The van der Waals surface area contributed by atoms with Crippen LogP contribution >= 0.6 is 0 Å². The molecule has 0 aromatic rings. The first-order valence-corrected chi connectivity index (χ1v) is 13.6. The third kappa shape index (κ3) is 5.69. The summed E-state index contributed by atoms with van der Waals surface area (Å²) >= 11 is 0. The van der Waals surface area contributed by atoms with Crippen LogP contribution in [-0.4, -0.2) is 61.7 Å². The highest BCUT2D eigenvalue weighted by Crippen LogP contribution is 2.18. The maximum Gasteiger partial charge on any atom is 0.278 e. The van der Waals surface area contributed by atoms with Crippen LogP contribution in [0.2, 0.25) is 12.1 Å². The van der Waals surface area contributed by atoms with Gasteiger partial charge in [-0.3, -0.25) is 0 Å². The highest BCUT2D eigenvalue weighted by atomic mass is 28.3. The summed E-state index contributed by atoms with van der Waals surface area (Å²) in [6, 6.07) is 0.569. The van der Waals surface area contributed by atoms with Crippen molar-refractivity contribution in [1.82, 2.24) is 5.32 Å². The Kier molecular flexibility index (Phi) is 10.0. The molecule has 0 aliphatic rings. The highest BCUT2D eigenvalue weighted by molar-refractivity contribution is 7.40. The zero-order valence-corrected chi connectivity index (χ0v) is 19.2. The molecule has 0 unspecified atom stereocenters. The third-order valence-electron chi connectivity index (χ3n) is 5.42. The smallest absolute Gasteiger partial charge is 0.278 e.